The first-order chi connectivity index (χ1) is 12.5. The number of fused-ring (bicyclic) bond motifs is 1. The number of benzene rings is 2. The smallest absolute Gasteiger partial charge is 0.177 e. The van der Waals surface area contributed by atoms with Gasteiger partial charge in [-0.2, -0.15) is 0 Å². The molecule has 0 saturated carbocycles. The number of phenols is 1. The van der Waals surface area contributed by atoms with E-state index in [1.807, 2.05) is 24.3 Å². The van der Waals surface area contributed by atoms with E-state index in [1.165, 1.54) is 7.11 Å². The molecule has 0 aromatic heterocycles. The fourth-order valence-electron chi connectivity index (χ4n) is 3.29. The van der Waals surface area contributed by atoms with Crippen molar-refractivity contribution in [2.24, 2.45) is 5.92 Å². The number of rotatable bonds is 5. The van der Waals surface area contributed by atoms with Gasteiger partial charge in [0.25, 0.3) is 0 Å². The summed E-state index contributed by atoms with van der Waals surface area (Å²) >= 11 is 0. The van der Waals surface area contributed by atoms with Gasteiger partial charge in [0.15, 0.2) is 12.1 Å². The number of phenolic OH excluding ortho intramolecular Hbond substituents is 1. The van der Waals surface area contributed by atoms with E-state index in [4.69, 9.17) is 14.2 Å². The Labute approximate surface area is 151 Å². The maximum Gasteiger partial charge on any atom is 0.177 e. The molecule has 0 unspecified atom stereocenters. The monoisotopic (exact) mass is 356 g/mol. The van der Waals surface area contributed by atoms with E-state index in [-0.39, 0.29) is 40.8 Å². The van der Waals surface area contributed by atoms with Crippen molar-refractivity contribution in [1.29, 1.82) is 0 Å². The van der Waals surface area contributed by atoms with Gasteiger partial charge < -0.3 is 19.3 Å². The number of carbonyl (C=O) groups is 2. The molecule has 1 atom stereocenters. The van der Waals surface area contributed by atoms with E-state index in [1.54, 1.807) is 14.0 Å². The Kier molecular flexibility index (Phi) is 4.84. The summed E-state index contributed by atoms with van der Waals surface area (Å²) in [5, 5.41) is 10.5. The van der Waals surface area contributed by atoms with Crippen LogP contribution < -0.4 is 14.2 Å². The Morgan fingerprint density at radius 3 is 2.50 bits per heavy atom. The Bertz CT molecular complexity index is 854. The van der Waals surface area contributed by atoms with E-state index in [2.05, 4.69) is 0 Å². The van der Waals surface area contributed by atoms with Gasteiger partial charge >= 0.3 is 0 Å². The SMILES string of the molecule is COc1ccc(C[C@H]2COc3c(C)c(OC)c(C=O)c(O)c3C2=O)cc1. The Hall–Kier alpha value is -3.02. The number of ketones is 1. The molecule has 1 aliphatic rings. The molecule has 0 saturated heterocycles. The highest BCUT2D eigenvalue weighted by atomic mass is 16.5. The molecule has 0 spiro atoms. The number of ether oxygens (including phenoxy) is 3. The number of hydrogen-bond donors (Lipinski definition) is 1. The van der Waals surface area contributed by atoms with Crippen molar-refractivity contribution >= 4 is 12.1 Å². The van der Waals surface area contributed by atoms with E-state index in [0.29, 0.717) is 18.3 Å². The van der Waals surface area contributed by atoms with E-state index in [9.17, 15) is 14.7 Å². The summed E-state index contributed by atoms with van der Waals surface area (Å²) in [4.78, 5) is 24.3. The molecular weight excluding hydrogens is 336 g/mol. The summed E-state index contributed by atoms with van der Waals surface area (Å²) in [6.45, 7) is 1.89. The molecule has 1 N–H and O–H groups in total. The molecular formula is C20H20O6. The minimum Gasteiger partial charge on any atom is -0.506 e. The van der Waals surface area contributed by atoms with Crippen molar-refractivity contribution in [2.75, 3.05) is 20.8 Å². The molecule has 0 radical (unpaired) electrons. The third kappa shape index (κ3) is 2.87. The number of hydrogen-bond acceptors (Lipinski definition) is 6. The minimum atomic E-state index is -0.450. The molecule has 0 amide bonds. The summed E-state index contributed by atoms with van der Waals surface area (Å²) in [5.74, 6) is 0.157. The quantitative estimate of drug-likeness (QED) is 0.830. The topological polar surface area (TPSA) is 82.1 Å². The van der Waals surface area contributed by atoms with Crippen LogP contribution in [0, 0.1) is 12.8 Å². The first-order valence-electron chi connectivity index (χ1n) is 8.20. The van der Waals surface area contributed by atoms with Crippen LogP contribution in [0.2, 0.25) is 0 Å². The maximum atomic E-state index is 13.0. The lowest BCUT2D eigenvalue weighted by Crippen LogP contribution is -2.30. The van der Waals surface area contributed by atoms with Gasteiger partial charge in [0.2, 0.25) is 0 Å². The van der Waals surface area contributed by atoms with Crippen molar-refractivity contribution < 1.29 is 28.9 Å². The number of aldehydes is 1. The average Bonchev–Trinajstić information content (AvgIpc) is 2.66. The predicted molar refractivity (Wildman–Crippen MR) is 94.8 cm³/mol. The molecule has 2 aromatic rings. The summed E-state index contributed by atoms with van der Waals surface area (Å²) in [6, 6.07) is 7.43. The van der Waals surface area contributed by atoms with Crippen LogP contribution in [0.1, 0.15) is 31.8 Å². The highest BCUT2D eigenvalue weighted by Crippen LogP contribution is 2.45. The zero-order valence-corrected chi connectivity index (χ0v) is 14.9. The number of carbonyl (C=O) groups excluding carboxylic acids is 2. The largest absolute Gasteiger partial charge is 0.506 e. The predicted octanol–water partition coefficient (Wildman–Crippen LogP) is 2.96. The van der Waals surface area contributed by atoms with E-state index < -0.39 is 5.92 Å². The van der Waals surface area contributed by atoms with Crippen LogP contribution in [0.15, 0.2) is 24.3 Å². The third-order valence-corrected chi connectivity index (χ3v) is 4.65. The lowest BCUT2D eigenvalue weighted by atomic mass is 9.87. The van der Waals surface area contributed by atoms with Gasteiger partial charge in [0.05, 0.1) is 32.3 Å². The molecule has 0 fully saturated rings. The van der Waals surface area contributed by atoms with Gasteiger partial charge in [0, 0.05) is 5.56 Å². The Morgan fingerprint density at radius 1 is 1.23 bits per heavy atom. The molecule has 0 bridgehead atoms. The number of aromatic hydroxyl groups is 1. The van der Waals surface area contributed by atoms with Crippen LogP contribution in [-0.4, -0.2) is 38.0 Å². The van der Waals surface area contributed by atoms with Gasteiger partial charge in [-0.3, -0.25) is 9.59 Å². The normalized spacial score (nSPS) is 15.8. The Balaban J connectivity index is 1.96. The third-order valence-electron chi connectivity index (χ3n) is 4.65. The van der Waals surface area contributed by atoms with Crippen molar-refractivity contribution in [2.45, 2.75) is 13.3 Å². The molecule has 3 rings (SSSR count). The summed E-state index contributed by atoms with van der Waals surface area (Å²) in [5.41, 5.74) is 1.50. The molecule has 6 nitrogen and oxygen atoms in total. The van der Waals surface area contributed by atoms with Crippen LogP contribution in [0.3, 0.4) is 0 Å². The standard InChI is InChI=1S/C20H20O6/c1-11-19(25-3)15(9-21)18(23)16-17(22)13(10-26-20(11)16)8-12-4-6-14(24-2)7-5-12/h4-7,9,13,23H,8,10H2,1-3H3/t13-/m0/s1. The van der Waals surface area contributed by atoms with Crippen molar-refractivity contribution in [3.8, 4) is 23.0 Å². The fourth-order valence-corrected chi connectivity index (χ4v) is 3.29. The second-order valence-corrected chi connectivity index (χ2v) is 6.17. The van der Waals surface area contributed by atoms with Crippen molar-refractivity contribution in [1.82, 2.24) is 0 Å². The summed E-state index contributed by atoms with van der Waals surface area (Å²) < 4.78 is 16.1. The molecule has 26 heavy (non-hydrogen) atoms. The van der Waals surface area contributed by atoms with Gasteiger partial charge in [-0.15, -0.1) is 0 Å². The van der Waals surface area contributed by atoms with E-state index >= 15 is 0 Å². The molecule has 1 heterocycles. The minimum absolute atomic E-state index is 0.0363. The molecule has 1 aliphatic heterocycles. The second-order valence-electron chi connectivity index (χ2n) is 6.17. The maximum absolute atomic E-state index is 13.0. The number of Topliss-reactive ketones (excluding diaryl/α,β-unsaturated/α-hetero) is 1. The molecule has 136 valence electrons. The fraction of sp³-hybridized carbons (Fsp3) is 0.300. The van der Waals surface area contributed by atoms with Crippen LogP contribution in [-0.2, 0) is 6.42 Å². The zero-order chi connectivity index (χ0) is 18.8. The van der Waals surface area contributed by atoms with Gasteiger partial charge in [-0.05, 0) is 31.0 Å². The van der Waals surface area contributed by atoms with Crippen LogP contribution in [0.25, 0.3) is 0 Å². The molecule has 6 heteroatoms. The van der Waals surface area contributed by atoms with Gasteiger partial charge in [0.1, 0.15) is 28.6 Å². The van der Waals surface area contributed by atoms with Gasteiger partial charge in [-0.25, -0.2) is 0 Å². The lowest BCUT2D eigenvalue weighted by molar-refractivity contribution is 0.0824. The first-order valence-corrected chi connectivity index (χ1v) is 8.20. The number of methoxy groups -OCH3 is 2. The van der Waals surface area contributed by atoms with Crippen LogP contribution >= 0.6 is 0 Å². The second kappa shape index (κ2) is 7.07. The van der Waals surface area contributed by atoms with E-state index in [0.717, 1.165) is 11.3 Å². The first kappa shape index (κ1) is 17.8. The lowest BCUT2D eigenvalue weighted by Gasteiger charge is -2.27. The molecule has 0 aliphatic carbocycles. The average molecular weight is 356 g/mol. The summed E-state index contributed by atoms with van der Waals surface area (Å²) in [6.07, 6.45) is 0.949. The highest BCUT2D eigenvalue weighted by Gasteiger charge is 2.36. The highest BCUT2D eigenvalue weighted by molar-refractivity contribution is 6.07. The van der Waals surface area contributed by atoms with Crippen LogP contribution in [0.4, 0.5) is 0 Å². The molecule has 2 aromatic carbocycles. The Morgan fingerprint density at radius 2 is 1.92 bits per heavy atom. The van der Waals surface area contributed by atoms with Crippen molar-refractivity contribution in [3.05, 3.63) is 46.5 Å². The summed E-state index contributed by atoms with van der Waals surface area (Å²) in [7, 11) is 2.99. The van der Waals surface area contributed by atoms with Crippen LogP contribution in [0.5, 0.6) is 23.0 Å². The zero-order valence-electron chi connectivity index (χ0n) is 14.9. The van der Waals surface area contributed by atoms with Gasteiger partial charge in [-0.1, -0.05) is 12.1 Å². The van der Waals surface area contributed by atoms with Crippen molar-refractivity contribution in [3.63, 3.8) is 0 Å².